The zero-order valence-electron chi connectivity index (χ0n) is 12.3. The maximum Gasteiger partial charge on any atom is 0.227 e. The van der Waals surface area contributed by atoms with E-state index in [0.29, 0.717) is 6.42 Å². The molecule has 1 saturated heterocycles. The van der Waals surface area contributed by atoms with Gasteiger partial charge in [0, 0.05) is 38.6 Å². The molecule has 1 aliphatic rings. The highest BCUT2D eigenvalue weighted by atomic mass is 16.7. The van der Waals surface area contributed by atoms with E-state index >= 15 is 0 Å². The topological polar surface area (TPSA) is 50.8 Å². The minimum absolute atomic E-state index is 0.0317. The molecule has 1 aromatic carbocycles. The molecule has 5 heteroatoms. The summed E-state index contributed by atoms with van der Waals surface area (Å²) in [6, 6.07) is 7.91. The number of rotatable bonds is 6. The lowest BCUT2D eigenvalue weighted by Gasteiger charge is -2.23. The number of carbonyl (C=O) groups is 1. The molecule has 1 heterocycles. The molecular formula is C15H22N2O3. The van der Waals surface area contributed by atoms with Crippen LogP contribution in [0.3, 0.4) is 0 Å². The minimum atomic E-state index is -0.296. The highest BCUT2D eigenvalue weighted by Crippen LogP contribution is 2.23. The lowest BCUT2D eigenvalue weighted by Crippen LogP contribution is -2.33. The molecule has 5 nitrogen and oxygen atoms in total. The minimum Gasteiger partial charge on any atom is -0.377 e. The van der Waals surface area contributed by atoms with Gasteiger partial charge in [-0.2, -0.15) is 0 Å². The Morgan fingerprint density at radius 3 is 2.35 bits per heavy atom. The summed E-state index contributed by atoms with van der Waals surface area (Å²) >= 11 is 0. The number of nitrogens with zero attached hydrogens (tertiary/aromatic N) is 1. The molecule has 1 aromatic rings. The molecule has 0 aromatic heterocycles. The number of amides is 1. The maximum atomic E-state index is 11.7. The number of carbonyl (C=O) groups excluding carboxylic acids is 1. The van der Waals surface area contributed by atoms with Crippen molar-refractivity contribution in [3.8, 4) is 0 Å². The summed E-state index contributed by atoms with van der Waals surface area (Å²) in [5.41, 5.74) is 1.94. The average molecular weight is 278 g/mol. The molecule has 1 aliphatic heterocycles. The van der Waals surface area contributed by atoms with Crippen LogP contribution in [0, 0.1) is 0 Å². The molecule has 110 valence electrons. The van der Waals surface area contributed by atoms with Gasteiger partial charge >= 0.3 is 0 Å². The standard InChI is InChI=1S/C15H22N2O3/c1-11(15(19-2)20-3)16-12-6-8-13(9-7-12)17-10-4-5-14(17)18/h6-9,11,15-16H,4-5,10H2,1-3H3. The molecule has 0 bridgehead atoms. The van der Waals surface area contributed by atoms with Crippen molar-refractivity contribution in [2.24, 2.45) is 0 Å². The van der Waals surface area contributed by atoms with Crippen LogP contribution in [0.4, 0.5) is 11.4 Å². The van der Waals surface area contributed by atoms with Crippen molar-refractivity contribution < 1.29 is 14.3 Å². The van der Waals surface area contributed by atoms with Gasteiger partial charge in [-0.15, -0.1) is 0 Å². The second kappa shape index (κ2) is 6.72. The van der Waals surface area contributed by atoms with Gasteiger partial charge in [-0.05, 0) is 37.6 Å². The summed E-state index contributed by atoms with van der Waals surface area (Å²) in [5.74, 6) is 0.206. The predicted molar refractivity (Wildman–Crippen MR) is 78.9 cm³/mol. The van der Waals surface area contributed by atoms with E-state index in [4.69, 9.17) is 9.47 Å². The van der Waals surface area contributed by atoms with E-state index in [-0.39, 0.29) is 18.2 Å². The molecule has 1 N–H and O–H groups in total. The van der Waals surface area contributed by atoms with E-state index in [1.165, 1.54) is 0 Å². The fourth-order valence-corrected chi connectivity index (χ4v) is 2.49. The van der Waals surface area contributed by atoms with Crippen LogP contribution in [-0.4, -0.2) is 39.0 Å². The summed E-state index contributed by atoms with van der Waals surface area (Å²) in [5, 5.41) is 3.32. The number of benzene rings is 1. The number of anilines is 2. The van der Waals surface area contributed by atoms with Crippen LogP contribution in [0.1, 0.15) is 19.8 Å². The van der Waals surface area contributed by atoms with E-state index < -0.39 is 0 Å². The van der Waals surface area contributed by atoms with E-state index in [1.54, 1.807) is 14.2 Å². The van der Waals surface area contributed by atoms with Crippen LogP contribution in [-0.2, 0) is 14.3 Å². The molecule has 1 amide bonds. The molecule has 1 fully saturated rings. The third-order valence-electron chi connectivity index (χ3n) is 3.52. The highest BCUT2D eigenvalue weighted by molar-refractivity contribution is 5.95. The largest absolute Gasteiger partial charge is 0.377 e. The average Bonchev–Trinajstić information content (AvgIpc) is 2.87. The van der Waals surface area contributed by atoms with Crippen molar-refractivity contribution in [2.45, 2.75) is 32.1 Å². The van der Waals surface area contributed by atoms with Gasteiger partial charge in [-0.25, -0.2) is 0 Å². The van der Waals surface area contributed by atoms with Gasteiger partial charge in [0.2, 0.25) is 5.91 Å². The first-order chi connectivity index (χ1) is 9.65. The molecule has 2 rings (SSSR count). The van der Waals surface area contributed by atoms with E-state index in [9.17, 15) is 4.79 Å². The smallest absolute Gasteiger partial charge is 0.227 e. The summed E-state index contributed by atoms with van der Waals surface area (Å²) in [6.07, 6.45) is 1.30. The Balaban J connectivity index is 1.99. The van der Waals surface area contributed by atoms with Crippen LogP contribution in [0.15, 0.2) is 24.3 Å². The molecular weight excluding hydrogens is 256 g/mol. The summed E-state index contributed by atoms with van der Waals surface area (Å²) in [6.45, 7) is 2.81. The molecule has 0 aliphatic carbocycles. The lowest BCUT2D eigenvalue weighted by atomic mass is 10.2. The first kappa shape index (κ1) is 14.8. The van der Waals surface area contributed by atoms with Gasteiger partial charge in [-0.3, -0.25) is 4.79 Å². The number of ether oxygens (including phenoxy) is 2. The van der Waals surface area contributed by atoms with Crippen LogP contribution >= 0.6 is 0 Å². The zero-order chi connectivity index (χ0) is 14.5. The monoisotopic (exact) mass is 278 g/mol. The number of nitrogens with one attached hydrogen (secondary N) is 1. The molecule has 0 saturated carbocycles. The van der Waals surface area contributed by atoms with Crippen molar-refractivity contribution in [1.29, 1.82) is 0 Å². The lowest BCUT2D eigenvalue weighted by molar-refractivity contribution is -0.117. The number of hydrogen-bond donors (Lipinski definition) is 1. The maximum absolute atomic E-state index is 11.7. The highest BCUT2D eigenvalue weighted by Gasteiger charge is 2.21. The first-order valence-corrected chi connectivity index (χ1v) is 6.88. The van der Waals surface area contributed by atoms with Crippen molar-refractivity contribution in [3.63, 3.8) is 0 Å². The molecule has 20 heavy (non-hydrogen) atoms. The van der Waals surface area contributed by atoms with Crippen LogP contribution in [0.25, 0.3) is 0 Å². The fraction of sp³-hybridized carbons (Fsp3) is 0.533. The normalized spacial score (nSPS) is 16.8. The van der Waals surface area contributed by atoms with E-state index in [2.05, 4.69) is 5.32 Å². The van der Waals surface area contributed by atoms with Crippen molar-refractivity contribution in [2.75, 3.05) is 31.0 Å². The Morgan fingerprint density at radius 1 is 1.20 bits per heavy atom. The summed E-state index contributed by atoms with van der Waals surface area (Å²) < 4.78 is 10.4. The van der Waals surface area contributed by atoms with Crippen molar-refractivity contribution in [3.05, 3.63) is 24.3 Å². The third kappa shape index (κ3) is 3.29. The Morgan fingerprint density at radius 2 is 1.85 bits per heavy atom. The van der Waals surface area contributed by atoms with Gasteiger partial charge in [0.15, 0.2) is 6.29 Å². The second-order valence-electron chi connectivity index (χ2n) is 4.97. The van der Waals surface area contributed by atoms with E-state index in [1.807, 2.05) is 36.1 Å². The van der Waals surface area contributed by atoms with Gasteiger partial charge in [0.05, 0.1) is 6.04 Å². The van der Waals surface area contributed by atoms with Gasteiger partial charge < -0.3 is 19.7 Å². The Hall–Kier alpha value is -1.59. The first-order valence-electron chi connectivity index (χ1n) is 6.88. The SMILES string of the molecule is COC(OC)C(C)Nc1ccc(N2CCCC2=O)cc1. The quantitative estimate of drug-likeness (QED) is 0.811. The summed E-state index contributed by atoms with van der Waals surface area (Å²) in [7, 11) is 3.24. The Labute approximate surface area is 119 Å². The molecule has 1 unspecified atom stereocenters. The van der Waals surface area contributed by atoms with E-state index in [0.717, 1.165) is 24.3 Å². The zero-order valence-corrected chi connectivity index (χ0v) is 12.3. The summed E-state index contributed by atoms with van der Waals surface area (Å²) in [4.78, 5) is 13.5. The molecule has 0 spiro atoms. The number of hydrogen-bond acceptors (Lipinski definition) is 4. The molecule has 0 radical (unpaired) electrons. The Kier molecular flexibility index (Phi) is 4.98. The van der Waals surface area contributed by atoms with Crippen molar-refractivity contribution >= 4 is 17.3 Å². The van der Waals surface area contributed by atoms with Crippen molar-refractivity contribution in [1.82, 2.24) is 0 Å². The number of methoxy groups -OCH3 is 2. The van der Waals surface area contributed by atoms with Gasteiger partial charge in [0.1, 0.15) is 0 Å². The van der Waals surface area contributed by atoms with Crippen LogP contribution in [0.2, 0.25) is 0 Å². The second-order valence-corrected chi connectivity index (χ2v) is 4.97. The van der Waals surface area contributed by atoms with Crippen LogP contribution in [0.5, 0.6) is 0 Å². The predicted octanol–water partition coefficient (Wildman–Crippen LogP) is 2.23. The van der Waals surface area contributed by atoms with Gasteiger partial charge in [0.25, 0.3) is 0 Å². The Bertz CT molecular complexity index is 443. The molecule has 1 atom stereocenters. The fourth-order valence-electron chi connectivity index (χ4n) is 2.49. The third-order valence-corrected chi connectivity index (χ3v) is 3.52. The van der Waals surface area contributed by atoms with Gasteiger partial charge in [-0.1, -0.05) is 0 Å². The van der Waals surface area contributed by atoms with Crippen LogP contribution < -0.4 is 10.2 Å².